The van der Waals surface area contributed by atoms with E-state index in [1.165, 1.54) is 12.0 Å². The second-order valence-electron chi connectivity index (χ2n) is 7.03. The van der Waals surface area contributed by atoms with Crippen molar-refractivity contribution in [2.45, 2.75) is 25.4 Å². The summed E-state index contributed by atoms with van der Waals surface area (Å²) in [6.45, 7) is 0.443. The normalized spacial score (nSPS) is 18.3. The Kier molecular flexibility index (Phi) is 5.42. The molecule has 2 unspecified atom stereocenters. The third-order valence-electron chi connectivity index (χ3n) is 5.25. The standard InChI is InChI=1S/C22H23FO4S/c1-25-15-5-3-13(4-6-15)12-27-22-18(26-2)11-20-17(21(22)23)10-19(28-20)16-9-14(16)7-8-24/h3-6,10-11,14,16,24H,7-9,12H2,1-2H3. The molecule has 2 aromatic carbocycles. The van der Waals surface area contributed by atoms with Gasteiger partial charge in [0, 0.05) is 27.6 Å². The van der Waals surface area contributed by atoms with Crippen LogP contribution in [0.4, 0.5) is 4.39 Å². The van der Waals surface area contributed by atoms with Gasteiger partial charge in [0.25, 0.3) is 0 Å². The lowest BCUT2D eigenvalue weighted by Crippen LogP contribution is -2.00. The van der Waals surface area contributed by atoms with Crippen molar-refractivity contribution in [1.29, 1.82) is 0 Å². The first-order valence-electron chi connectivity index (χ1n) is 9.31. The zero-order valence-electron chi connectivity index (χ0n) is 15.9. The maximum atomic E-state index is 15.2. The molecule has 1 fully saturated rings. The molecule has 1 aromatic heterocycles. The second-order valence-corrected chi connectivity index (χ2v) is 8.15. The lowest BCUT2D eigenvalue weighted by molar-refractivity contribution is 0.271. The van der Waals surface area contributed by atoms with Crippen LogP contribution in [0.2, 0.25) is 0 Å². The van der Waals surface area contributed by atoms with Gasteiger partial charge in [-0.3, -0.25) is 0 Å². The summed E-state index contributed by atoms with van der Waals surface area (Å²) in [6.07, 6.45) is 1.87. The van der Waals surface area contributed by atoms with Crippen LogP contribution in [0.5, 0.6) is 17.2 Å². The minimum Gasteiger partial charge on any atom is -0.497 e. The number of benzene rings is 2. The van der Waals surface area contributed by atoms with E-state index in [2.05, 4.69) is 0 Å². The highest BCUT2D eigenvalue weighted by Gasteiger charge is 2.39. The topological polar surface area (TPSA) is 47.9 Å². The van der Waals surface area contributed by atoms with E-state index in [1.807, 2.05) is 36.4 Å². The fraction of sp³-hybridized carbons (Fsp3) is 0.364. The van der Waals surface area contributed by atoms with Crippen molar-refractivity contribution in [2.75, 3.05) is 20.8 Å². The van der Waals surface area contributed by atoms with Crippen LogP contribution in [-0.2, 0) is 6.61 Å². The monoisotopic (exact) mass is 402 g/mol. The summed E-state index contributed by atoms with van der Waals surface area (Å²) in [4.78, 5) is 1.17. The zero-order chi connectivity index (χ0) is 19.7. The van der Waals surface area contributed by atoms with Crippen LogP contribution >= 0.6 is 11.3 Å². The van der Waals surface area contributed by atoms with Crippen molar-refractivity contribution in [3.63, 3.8) is 0 Å². The predicted molar refractivity (Wildman–Crippen MR) is 108 cm³/mol. The first-order chi connectivity index (χ1) is 13.6. The van der Waals surface area contributed by atoms with E-state index < -0.39 is 0 Å². The number of halogens is 1. The molecule has 0 saturated heterocycles. The van der Waals surface area contributed by atoms with Crippen molar-refractivity contribution >= 4 is 21.4 Å². The van der Waals surface area contributed by atoms with Gasteiger partial charge < -0.3 is 19.3 Å². The Hall–Kier alpha value is -2.31. The van der Waals surface area contributed by atoms with Crippen LogP contribution in [0.15, 0.2) is 36.4 Å². The average Bonchev–Trinajstić information content (AvgIpc) is 3.35. The molecule has 2 atom stereocenters. The summed E-state index contributed by atoms with van der Waals surface area (Å²) in [6, 6.07) is 11.2. The molecule has 1 aliphatic rings. The highest BCUT2D eigenvalue weighted by molar-refractivity contribution is 7.19. The van der Waals surface area contributed by atoms with Gasteiger partial charge in [0.1, 0.15) is 12.4 Å². The molecule has 6 heteroatoms. The van der Waals surface area contributed by atoms with E-state index in [9.17, 15) is 0 Å². The zero-order valence-corrected chi connectivity index (χ0v) is 16.7. The third kappa shape index (κ3) is 3.66. The Morgan fingerprint density at radius 2 is 1.93 bits per heavy atom. The smallest absolute Gasteiger partial charge is 0.198 e. The number of methoxy groups -OCH3 is 2. The van der Waals surface area contributed by atoms with Crippen LogP contribution < -0.4 is 14.2 Å². The van der Waals surface area contributed by atoms with Crippen LogP contribution in [0.1, 0.15) is 29.2 Å². The predicted octanol–water partition coefficient (Wildman–Crippen LogP) is 5.12. The first-order valence-corrected chi connectivity index (χ1v) is 10.1. The van der Waals surface area contributed by atoms with Gasteiger partial charge in [-0.2, -0.15) is 0 Å². The Balaban J connectivity index is 1.59. The van der Waals surface area contributed by atoms with E-state index in [-0.39, 0.29) is 24.8 Å². The van der Waals surface area contributed by atoms with Gasteiger partial charge in [-0.1, -0.05) is 12.1 Å². The number of hydrogen-bond donors (Lipinski definition) is 1. The summed E-state index contributed by atoms with van der Waals surface area (Å²) >= 11 is 1.60. The minimum absolute atomic E-state index is 0.137. The van der Waals surface area contributed by atoms with Gasteiger partial charge in [-0.15, -0.1) is 11.3 Å². The first kappa shape index (κ1) is 19.0. The van der Waals surface area contributed by atoms with Crippen molar-refractivity contribution in [3.8, 4) is 17.2 Å². The number of aliphatic hydroxyl groups is 1. The molecule has 1 heterocycles. The second kappa shape index (κ2) is 7.97. The van der Waals surface area contributed by atoms with E-state index in [1.54, 1.807) is 18.4 Å². The molecule has 1 aliphatic carbocycles. The van der Waals surface area contributed by atoms with Gasteiger partial charge in [0.15, 0.2) is 17.3 Å². The molecule has 0 amide bonds. The van der Waals surface area contributed by atoms with Crippen LogP contribution in [-0.4, -0.2) is 25.9 Å². The van der Waals surface area contributed by atoms with E-state index in [0.717, 1.165) is 28.9 Å². The SMILES string of the molecule is COc1ccc(COc2c(OC)cc3sc(C4CC4CCO)cc3c2F)cc1. The molecular weight excluding hydrogens is 379 g/mol. The summed E-state index contributed by atoms with van der Waals surface area (Å²) in [5, 5.41) is 9.69. The van der Waals surface area contributed by atoms with Crippen LogP contribution in [0.25, 0.3) is 10.1 Å². The lowest BCUT2D eigenvalue weighted by atomic mass is 10.1. The molecule has 3 aromatic rings. The number of rotatable bonds is 8. The van der Waals surface area contributed by atoms with Crippen molar-refractivity contribution < 1.29 is 23.7 Å². The quantitative estimate of drug-likeness (QED) is 0.568. The fourth-order valence-corrected chi connectivity index (χ4v) is 4.84. The largest absolute Gasteiger partial charge is 0.497 e. The van der Waals surface area contributed by atoms with Gasteiger partial charge in [0.05, 0.1) is 14.2 Å². The van der Waals surface area contributed by atoms with Crippen molar-refractivity contribution in [2.24, 2.45) is 5.92 Å². The highest BCUT2D eigenvalue weighted by atomic mass is 32.1. The van der Waals surface area contributed by atoms with Crippen molar-refractivity contribution in [3.05, 3.63) is 52.7 Å². The molecule has 4 nitrogen and oxygen atoms in total. The molecule has 148 valence electrons. The Labute approximate surface area is 167 Å². The molecule has 0 aliphatic heterocycles. The number of ether oxygens (including phenoxy) is 3. The van der Waals surface area contributed by atoms with Crippen molar-refractivity contribution in [1.82, 2.24) is 0 Å². The molecule has 28 heavy (non-hydrogen) atoms. The molecule has 0 spiro atoms. The van der Waals surface area contributed by atoms with Gasteiger partial charge in [-0.05, 0) is 48.4 Å². The molecule has 1 N–H and O–H groups in total. The van der Waals surface area contributed by atoms with Crippen LogP contribution in [0, 0.1) is 11.7 Å². The Bertz CT molecular complexity index is 967. The summed E-state index contributed by atoms with van der Waals surface area (Å²) in [5.41, 5.74) is 0.915. The maximum Gasteiger partial charge on any atom is 0.198 e. The van der Waals surface area contributed by atoms with Gasteiger partial charge in [-0.25, -0.2) is 4.39 Å². The highest BCUT2D eigenvalue weighted by Crippen LogP contribution is 2.53. The number of aliphatic hydroxyl groups excluding tert-OH is 1. The molecule has 0 radical (unpaired) electrons. The van der Waals surface area contributed by atoms with E-state index >= 15 is 4.39 Å². The number of hydrogen-bond acceptors (Lipinski definition) is 5. The van der Waals surface area contributed by atoms with E-state index in [0.29, 0.717) is 23.0 Å². The van der Waals surface area contributed by atoms with Crippen LogP contribution in [0.3, 0.4) is 0 Å². The van der Waals surface area contributed by atoms with Gasteiger partial charge in [0.2, 0.25) is 0 Å². The molecule has 4 rings (SSSR count). The summed E-state index contributed by atoms with van der Waals surface area (Å²) < 4.78 is 32.4. The lowest BCUT2D eigenvalue weighted by Gasteiger charge is -2.12. The Morgan fingerprint density at radius 3 is 2.61 bits per heavy atom. The molecule has 1 saturated carbocycles. The summed E-state index contributed by atoms with van der Waals surface area (Å²) in [7, 11) is 3.14. The Morgan fingerprint density at radius 1 is 1.14 bits per heavy atom. The molecule has 0 bridgehead atoms. The molecular formula is C22H23FO4S. The summed E-state index contributed by atoms with van der Waals surface area (Å²) in [5.74, 6) is 1.85. The number of fused-ring (bicyclic) bond motifs is 1. The van der Waals surface area contributed by atoms with Gasteiger partial charge >= 0.3 is 0 Å². The average molecular weight is 402 g/mol. The van der Waals surface area contributed by atoms with E-state index in [4.69, 9.17) is 19.3 Å². The minimum atomic E-state index is -0.385. The third-order valence-corrected chi connectivity index (χ3v) is 6.47. The fourth-order valence-electron chi connectivity index (χ4n) is 3.55. The number of thiophene rings is 1. The maximum absolute atomic E-state index is 15.2.